The summed E-state index contributed by atoms with van der Waals surface area (Å²) in [5, 5.41) is 9.79. The van der Waals surface area contributed by atoms with Gasteiger partial charge < -0.3 is 14.7 Å². The second-order valence-corrected chi connectivity index (χ2v) is 4.82. The van der Waals surface area contributed by atoms with Crippen molar-refractivity contribution >= 4 is 23.3 Å². The van der Waals surface area contributed by atoms with Gasteiger partial charge in [0.1, 0.15) is 0 Å². The molecule has 0 saturated heterocycles. The molecule has 0 amide bonds. The van der Waals surface area contributed by atoms with E-state index in [1.165, 1.54) is 0 Å². The Hall–Kier alpha value is -1.26. The summed E-state index contributed by atoms with van der Waals surface area (Å²) < 4.78 is 5.08. The largest absolute Gasteiger partial charge is 0.478 e. The van der Waals surface area contributed by atoms with Gasteiger partial charge in [-0.05, 0) is 31.0 Å². The minimum absolute atomic E-state index is 0.294. The van der Waals surface area contributed by atoms with Crippen molar-refractivity contribution in [1.82, 2.24) is 0 Å². The SMILES string of the molecule is COCCN(c1cc(Cl)ccc1C(=O)O)C1CC1. The minimum atomic E-state index is -0.926. The van der Waals surface area contributed by atoms with E-state index >= 15 is 0 Å². The Morgan fingerprint density at radius 3 is 2.83 bits per heavy atom. The zero-order chi connectivity index (χ0) is 13.1. The number of hydrogen-bond donors (Lipinski definition) is 1. The van der Waals surface area contributed by atoms with Crippen molar-refractivity contribution in [2.24, 2.45) is 0 Å². The third-order valence-corrected chi connectivity index (χ3v) is 3.26. The molecule has 1 aliphatic carbocycles. The molecule has 98 valence electrons. The third-order valence-electron chi connectivity index (χ3n) is 3.02. The normalized spacial score (nSPS) is 14.6. The van der Waals surface area contributed by atoms with E-state index in [4.69, 9.17) is 16.3 Å². The fraction of sp³-hybridized carbons (Fsp3) is 0.462. The Morgan fingerprint density at radius 2 is 2.28 bits per heavy atom. The highest BCUT2D eigenvalue weighted by molar-refractivity contribution is 6.31. The standard InChI is InChI=1S/C13H16ClNO3/c1-18-7-6-15(10-3-4-10)12-8-9(14)2-5-11(12)13(16)17/h2,5,8,10H,3-4,6-7H2,1H3,(H,16,17). The average Bonchev–Trinajstić information content (AvgIpc) is 3.13. The molecule has 18 heavy (non-hydrogen) atoms. The zero-order valence-corrected chi connectivity index (χ0v) is 11.0. The van der Waals surface area contributed by atoms with Gasteiger partial charge in [0.2, 0.25) is 0 Å². The Bertz CT molecular complexity index is 446. The molecule has 2 rings (SSSR count). The van der Waals surface area contributed by atoms with E-state index in [-0.39, 0.29) is 0 Å². The Balaban J connectivity index is 2.32. The monoisotopic (exact) mass is 269 g/mol. The highest BCUT2D eigenvalue weighted by Crippen LogP contribution is 2.34. The quantitative estimate of drug-likeness (QED) is 0.863. The first-order chi connectivity index (χ1) is 8.63. The summed E-state index contributed by atoms with van der Waals surface area (Å²) in [6, 6.07) is 5.30. The summed E-state index contributed by atoms with van der Waals surface area (Å²) in [6.07, 6.45) is 2.19. The van der Waals surface area contributed by atoms with Crippen LogP contribution < -0.4 is 4.90 Å². The smallest absolute Gasteiger partial charge is 0.337 e. The molecule has 5 heteroatoms. The molecule has 0 atom stereocenters. The summed E-state index contributed by atoms with van der Waals surface area (Å²) in [6.45, 7) is 1.25. The molecule has 1 aromatic carbocycles. The van der Waals surface area contributed by atoms with Crippen molar-refractivity contribution in [2.45, 2.75) is 18.9 Å². The zero-order valence-electron chi connectivity index (χ0n) is 10.2. The highest BCUT2D eigenvalue weighted by Gasteiger charge is 2.31. The van der Waals surface area contributed by atoms with Gasteiger partial charge in [0.15, 0.2) is 0 Å². The predicted molar refractivity (Wildman–Crippen MR) is 70.7 cm³/mol. The van der Waals surface area contributed by atoms with Crippen LogP contribution in [0.15, 0.2) is 18.2 Å². The lowest BCUT2D eigenvalue weighted by molar-refractivity contribution is 0.0697. The van der Waals surface area contributed by atoms with Crippen molar-refractivity contribution in [3.8, 4) is 0 Å². The number of carboxylic acid groups (broad SMARTS) is 1. The Labute approximate surface area is 111 Å². The second kappa shape index (κ2) is 5.59. The molecule has 0 aliphatic heterocycles. The van der Waals surface area contributed by atoms with E-state index in [1.807, 2.05) is 0 Å². The van der Waals surface area contributed by atoms with Crippen LogP contribution in [0.25, 0.3) is 0 Å². The first-order valence-electron chi connectivity index (χ1n) is 5.92. The number of aromatic carboxylic acids is 1. The highest BCUT2D eigenvalue weighted by atomic mass is 35.5. The number of rotatable bonds is 6. The lowest BCUT2D eigenvalue weighted by Crippen LogP contribution is -2.30. The van der Waals surface area contributed by atoms with Gasteiger partial charge in [0.25, 0.3) is 0 Å². The molecule has 1 N–H and O–H groups in total. The van der Waals surface area contributed by atoms with Crippen molar-refractivity contribution in [2.75, 3.05) is 25.2 Å². The van der Waals surface area contributed by atoms with Crippen molar-refractivity contribution < 1.29 is 14.6 Å². The van der Waals surface area contributed by atoms with Gasteiger partial charge in [-0.1, -0.05) is 11.6 Å². The molecule has 0 unspecified atom stereocenters. The molecule has 1 aliphatic rings. The number of benzene rings is 1. The topological polar surface area (TPSA) is 49.8 Å². The van der Waals surface area contributed by atoms with Gasteiger partial charge in [-0.2, -0.15) is 0 Å². The number of methoxy groups -OCH3 is 1. The van der Waals surface area contributed by atoms with Crippen LogP contribution in [-0.2, 0) is 4.74 Å². The van der Waals surface area contributed by atoms with E-state index in [1.54, 1.807) is 25.3 Å². The maximum Gasteiger partial charge on any atom is 0.337 e. The third kappa shape index (κ3) is 2.94. The van der Waals surface area contributed by atoms with Gasteiger partial charge in [-0.3, -0.25) is 0 Å². The molecule has 0 radical (unpaired) electrons. The molecule has 0 aromatic heterocycles. The predicted octanol–water partition coefficient (Wildman–Crippen LogP) is 2.65. The van der Waals surface area contributed by atoms with Gasteiger partial charge in [-0.25, -0.2) is 4.79 Å². The molecule has 0 heterocycles. The van der Waals surface area contributed by atoms with Crippen molar-refractivity contribution in [3.05, 3.63) is 28.8 Å². The van der Waals surface area contributed by atoms with Crippen LogP contribution in [0.5, 0.6) is 0 Å². The van der Waals surface area contributed by atoms with E-state index in [0.717, 1.165) is 12.8 Å². The van der Waals surface area contributed by atoms with Crippen LogP contribution in [0.3, 0.4) is 0 Å². The molecule has 0 spiro atoms. The van der Waals surface area contributed by atoms with E-state index < -0.39 is 5.97 Å². The summed E-state index contributed by atoms with van der Waals surface area (Å²) >= 11 is 5.97. The first kappa shape index (κ1) is 13.2. The lowest BCUT2D eigenvalue weighted by Gasteiger charge is -2.26. The summed E-state index contributed by atoms with van der Waals surface area (Å²) in [5.41, 5.74) is 0.983. The Kier molecular flexibility index (Phi) is 4.09. The maximum atomic E-state index is 11.3. The van der Waals surface area contributed by atoms with Crippen LogP contribution in [0.1, 0.15) is 23.2 Å². The average molecular weight is 270 g/mol. The summed E-state index contributed by atoms with van der Waals surface area (Å²) in [4.78, 5) is 13.3. The number of carboxylic acids is 1. The fourth-order valence-electron chi connectivity index (χ4n) is 2.00. The van der Waals surface area contributed by atoms with E-state index in [0.29, 0.717) is 35.5 Å². The van der Waals surface area contributed by atoms with Crippen LogP contribution >= 0.6 is 11.6 Å². The number of carbonyl (C=O) groups is 1. The van der Waals surface area contributed by atoms with Gasteiger partial charge in [-0.15, -0.1) is 0 Å². The van der Waals surface area contributed by atoms with Crippen LogP contribution in [0.2, 0.25) is 5.02 Å². The number of anilines is 1. The van der Waals surface area contributed by atoms with Crippen molar-refractivity contribution in [3.63, 3.8) is 0 Å². The molecular weight excluding hydrogens is 254 g/mol. The van der Waals surface area contributed by atoms with Crippen LogP contribution in [-0.4, -0.2) is 37.4 Å². The molecule has 4 nitrogen and oxygen atoms in total. The van der Waals surface area contributed by atoms with Crippen LogP contribution in [0, 0.1) is 0 Å². The Morgan fingerprint density at radius 1 is 1.56 bits per heavy atom. The van der Waals surface area contributed by atoms with Gasteiger partial charge >= 0.3 is 5.97 Å². The van der Waals surface area contributed by atoms with Gasteiger partial charge in [0.05, 0.1) is 17.9 Å². The molecule has 0 bridgehead atoms. The van der Waals surface area contributed by atoms with Crippen LogP contribution in [0.4, 0.5) is 5.69 Å². The minimum Gasteiger partial charge on any atom is -0.478 e. The van der Waals surface area contributed by atoms with Gasteiger partial charge in [0, 0.05) is 24.7 Å². The number of hydrogen-bond acceptors (Lipinski definition) is 3. The summed E-state index contributed by atoms with van der Waals surface area (Å²) in [5.74, 6) is -0.926. The van der Waals surface area contributed by atoms with Crippen molar-refractivity contribution in [1.29, 1.82) is 0 Å². The number of halogens is 1. The molecule has 1 fully saturated rings. The van der Waals surface area contributed by atoms with E-state index in [2.05, 4.69) is 4.90 Å². The molecule has 1 saturated carbocycles. The molecule has 1 aromatic rings. The second-order valence-electron chi connectivity index (χ2n) is 4.38. The summed E-state index contributed by atoms with van der Waals surface area (Å²) in [7, 11) is 1.64. The lowest BCUT2D eigenvalue weighted by atomic mass is 10.1. The maximum absolute atomic E-state index is 11.3. The molecular formula is C13H16ClNO3. The van der Waals surface area contributed by atoms with E-state index in [9.17, 15) is 9.90 Å². The first-order valence-corrected chi connectivity index (χ1v) is 6.29. The number of nitrogens with zero attached hydrogens (tertiary/aromatic N) is 1. The fourth-order valence-corrected chi connectivity index (χ4v) is 2.17. The number of ether oxygens (including phenoxy) is 1.